The number of carbonyl (C=O) groups excluding carboxylic acids is 2. The lowest BCUT2D eigenvalue weighted by molar-refractivity contribution is -0.171. The average molecular weight is 344 g/mol. The van der Waals surface area contributed by atoms with E-state index in [1.165, 1.54) is 14.0 Å². The Bertz CT molecular complexity index is 784. The Kier molecular flexibility index (Phi) is 4.91. The fourth-order valence-corrected chi connectivity index (χ4v) is 3.07. The van der Waals surface area contributed by atoms with Crippen molar-refractivity contribution in [2.45, 2.75) is 25.4 Å². The number of esters is 1. The van der Waals surface area contributed by atoms with Crippen LogP contribution >= 0.6 is 0 Å². The summed E-state index contributed by atoms with van der Waals surface area (Å²) in [5.74, 6) is -0.922. The van der Waals surface area contributed by atoms with Crippen LogP contribution in [0, 0.1) is 0 Å². The van der Waals surface area contributed by atoms with Crippen LogP contribution in [-0.4, -0.2) is 47.6 Å². The summed E-state index contributed by atoms with van der Waals surface area (Å²) < 4.78 is 5.47. The first-order valence-electron chi connectivity index (χ1n) is 8.06. The number of pyridine rings is 2. The Hall–Kier alpha value is -2.58. The number of hydroxylamine groups is 1. The van der Waals surface area contributed by atoms with Crippen LogP contribution in [0.25, 0.3) is 11.0 Å². The third-order valence-electron chi connectivity index (χ3n) is 4.20. The first kappa shape index (κ1) is 17.2. The summed E-state index contributed by atoms with van der Waals surface area (Å²) in [6.07, 6.45) is 3.96. The molecule has 0 aliphatic carbocycles. The summed E-state index contributed by atoms with van der Waals surface area (Å²) in [5.41, 5.74) is 0.384. The van der Waals surface area contributed by atoms with Gasteiger partial charge < -0.3 is 10.1 Å². The fraction of sp³-hybridized carbons (Fsp3) is 0.412. The molecule has 0 spiro atoms. The molecular formula is C17H20N4O4. The van der Waals surface area contributed by atoms with Crippen molar-refractivity contribution in [2.75, 3.05) is 25.3 Å². The van der Waals surface area contributed by atoms with Gasteiger partial charge in [-0.3, -0.25) is 24.4 Å². The molecule has 0 unspecified atom stereocenters. The minimum absolute atomic E-state index is 0.377. The van der Waals surface area contributed by atoms with E-state index in [2.05, 4.69) is 15.3 Å². The van der Waals surface area contributed by atoms with Gasteiger partial charge in [-0.2, -0.15) is 5.06 Å². The minimum Gasteiger partial charge on any atom is -0.449 e. The number of amides is 1. The Morgan fingerprint density at radius 3 is 2.64 bits per heavy atom. The third kappa shape index (κ3) is 3.31. The number of ether oxygens (including phenoxy) is 1. The SMILES string of the molecule is CON(C(=O)C1(OC(C)=O)CCNCC1)c1ccnc2cccnc12. The maximum atomic E-state index is 13.3. The Morgan fingerprint density at radius 2 is 1.96 bits per heavy atom. The topological polar surface area (TPSA) is 93.6 Å². The van der Waals surface area contributed by atoms with Gasteiger partial charge in [0.05, 0.1) is 12.6 Å². The van der Waals surface area contributed by atoms with Gasteiger partial charge in [0.2, 0.25) is 0 Å². The van der Waals surface area contributed by atoms with Crippen LogP contribution in [0.5, 0.6) is 0 Å². The molecule has 0 radical (unpaired) electrons. The van der Waals surface area contributed by atoms with Gasteiger partial charge in [-0.1, -0.05) is 0 Å². The van der Waals surface area contributed by atoms with Crippen molar-refractivity contribution in [1.29, 1.82) is 0 Å². The van der Waals surface area contributed by atoms with Crippen molar-refractivity contribution in [3.8, 4) is 0 Å². The summed E-state index contributed by atoms with van der Waals surface area (Å²) in [4.78, 5) is 38.8. The number of nitrogens with zero attached hydrogens (tertiary/aromatic N) is 3. The van der Waals surface area contributed by atoms with Crippen LogP contribution in [0.3, 0.4) is 0 Å². The number of carbonyl (C=O) groups is 2. The maximum Gasteiger partial charge on any atom is 0.303 e. The van der Waals surface area contributed by atoms with Gasteiger partial charge in [0, 0.05) is 32.2 Å². The zero-order chi connectivity index (χ0) is 17.9. The number of hydrogen-bond acceptors (Lipinski definition) is 7. The van der Waals surface area contributed by atoms with E-state index in [1.807, 2.05) is 0 Å². The van der Waals surface area contributed by atoms with Crippen LogP contribution in [0.4, 0.5) is 5.69 Å². The molecule has 8 heteroatoms. The molecule has 0 saturated carbocycles. The van der Waals surface area contributed by atoms with E-state index in [9.17, 15) is 9.59 Å². The summed E-state index contributed by atoms with van der Waals surface area (Å²) >= 11 is 0. The Balaban J connectivity index is 2.03. The Labute approximate surface area is 145 Å². The van der Waals surface area contributed by atoms with Gasteiger partial charge >= 0.3 is 5.97 Å². The fourth-order valence-electron chi connectivity index (χ4n) is 3.07. The maximum absolute atomic E-state index is 13.3. The third-order valence-corrected chi connectivity index (χ3v) is 4.20. The first-order chi connectivity index (χ1) is 12.1. The van der Waals surface area contributed by atoms with E-state index < -0.39 is 17.5 Å². The molecule has 0 atom stereocenters. The normalized spacial score (nSPS) is 16.4. The highest BCUT2D eigenvalue weighted by Gasteiger charge is 2.46. The average Bonchev–Trinajstić information content (AvgIpc) is 2.62. The van der Waals surface area contributed by atoms with Crippen LogP contribution in [0.15, 0.2) is 30.6 Å². The molecule has 3 heterocycles. The molecule has 1 N–H and O–H groups in total. The summed E-state index contributed by atoms with van der Waals surface area (Å²) in [6, 6.07) is 5.22. The molecule has 2 aromatic rings. The lowest BCUT2D eigenvalue weighted by Crippen LogP contribution is -2.56. The number of fused-ring (bicyclic) bond motifs is 1. The minimum atomic E-state index is -1.25. The van der Waals surface area contributed by atoms with Crippen molar-refractivity contribution >= 4 is 28.6 Å². The van der Waals surface area contributed by atoms with E-state index in [0.717, 1.165) is 5.06 Å². The second-order valence-electron chi connectivity index (χ2n) is 5.82. The molecule has 1 aliphatic rings. The van der Waals surface area contributed by atoms with Crippen LogP contribution < -0.4 is 10.4 Å². The lowest BCUT2D eigenvalue weighted by atomic mass is 9.90. The van der Waals surface area contributed by atoms with Crippen LogP contribution in [-0.2, 0) is 19.2 Å². The molecule has 25 heavy (non-hydrogen) atoms. The lowest BCUT2D eigenvalue weighted by Gasteiger charge is -2.38. The zero-order valence-corrected chi connectivity index (χ0v) is 14.2. The summed E-state index contributed by atoms with van der Waals surface area (Å²) in [5, 5.41) is 4.31. The van der Waals surface area contributed by atoms with Gasteiger partial charge in [0.15, 0.2) is 5.60 Å². The van der Waals surface area contributed by atoms with E-state index in [0.29, 0.717) is 42.7 Å². The van der Waals surface area contributed by atoms with Crippen molar-refractivity contribution in [2.24, 2.45) is 0 Å². The number of anilines is 1. The highest BCUT2D eigenvalue weighted by Crippen LogP contribution is 2.31. The molecule has 2 aromatic heterocycles. The first-order valence-corrected chi connectivity index (χ1v) is 8.06. The van der Waals surface area contributed by atoms with Gasteiger partial charge in [0.1, 0.15) is 11.2 Å². The second kappa shape index (κ2) is 7.12. The number of piperidine rings is 1. The zero-order valence-electron chi connectivity index (χ0n) is 14.2. The molecule has 1 saturated heterocycles. The molecule has 1 aliphatic heterocycles. The number of hydrogen-bond donors (Lipinski definition) is 1. The second-order valence-corrected chi connectivity index (χ2v) is 5.82. The molecule has 8 nitrogen and oxygen atoms in total. The van der Waals surface area contributed by atoms with Crippen LogP contribution in [0.1, 0.15) is 19.8 Å². The van der Waals surface area contributed by atoms with Crippen LogP contribution in [0.2, 0.25) is 0 Å². The number of nitrogens with one attached hydrogen (secondary N) is 1. The largest absolute Gasteiger partial charge is 0.449 e. The quantitative estimate of drug-likeness (QED) is 0.658. The molecular weight excluding hydrogens is 324 g/mol. The van der Waals surface area contributed by atoms with Gasteiger partial charge in [-0.25, -0.2) is 0 Å². The van der Waals surface area contributed by atoms with Crippen molar-refractivity contribution in [1.82, 2.24) is 15.3 Å². The van der Waals surface area contributed by atoms with E-state index in [1.54, 1.807) is 30.6 Å². The molecule has 0 bridgehead atoms. The number of aromatic nitrogens is 2. The van der Waals surface area contributed by atoms with E-state index in [4.69, 9.17) is 9.57 Å². The molecule has 0 aromatic carbocycles. The van der Waals surface area contributed by atoms with Crippen molar-refractivity contribution in [3.05, 3.63) is 30.6 Å². The molecule has 132 valence electrons. The number of rotatable bonds is 4. The van der Waals surface area contributed by atoms with Gasteiger partial charge in [-0.15, -0.1) is 0 Å². The molecule has 1 amide bonds. The highest BCUT2D eigenvalue weighted by molar-refractivity contribution is 6.04. The smallest absolute Gasteiger partial charge is 0.303 e. The molecule has 3 rings (SSSR count). The Morgan fingerprint density at radius 1 is 1.20 bits per heavy atom. The molecule has 1 fully saturated rings. The summed E-state index contributed by atoms with van der Waals surface area (Å²) in [7, 11) is 1.40. The monoisotopic (exact) mass is 344 g/mol. The standard InChI is InChI=1S/C17H20N4O4/c1-12(22)25-17(6-10-18-11-7-17)16(23)21(24-2)14-5-9-19-13-4-3-8-20-15(13)14/h3-5,8-9,18H,6-7,10-11H2,1-2H3. The summed E-state index contributed by atoms with van der Waals surface area (Å²) in [6.45, 7) is 2.45. The van der Waals surface area contributed by atoms with Gasteiger partial charge in [-0.05, 0) is 31.3 Å². The predicted molar refractivity (Wildman–Crippen MR) is 90.6 cm³/mol. The van der Waals surface area contributed by atoms with Crippen molar-refractivity contribution in [3.63, 3.8) is 0 Å². The van der Waals surface area contributed by atoms with Crippen molar-refractivity contribution < 1.29 is 19.2 Å². The highest BCUT2D eigenvalue weighted by atomic mass is 16.7. The van der Waals surface area contributed by atoms with E-state index >= 15 is 0 Å². The van der Waals surface area contributed by atoms with E-state index in [-0.39, 0.29) is 0 Å². The predicted octanol–water partition coefficient (Wildman–Crippen LogP) is 1.21. The van der Waals surface area contributed by atoms with Gasteiger partial charge in [0.25, 0.3) is 5.91 Å².